The van der Waals surface area contributed by atoms with E-state index in [1.807, 2.05) is 65.6 Å². The first-order valence-electron chi connectivity index (χ1n) is 15.1. The summed E-state index contributed by atoms with van der Waals surface area (Å²) in [4.78, 5) is 28.7. The lowest BCUT2D eigenvalue weighted by molar-refractivity contribution is -0.139. The topological polar surface area (TPSA) is 98.8 Å². The lowest BCUT2D eigenvalue weighted by Gasteiger charge is -2.36. The minimum Gasteiger partial charge on any atom is -0.496 e. The predicted octanol–water partition coefficient (Wildman–Crippen LogP) is 3.99. The van der Waals surface area contributed by atoms with Crippen LogP contribution in [0.2, 0.25) is 0 Å². The predicted molar refractivity (Wildman–Crippen MR) is 168 cm³/mol. The van der Waals surface area contributed by atoms with Gasteiger partial charge in [0.25, 0.3) is 0 Å². The molecule has 2 aliphatic heterocycles. The summed E-state index contributed by atoms with van der Waals surface area (Å²) >= 11 is 0. The first-order chi connectivity index (χ1) is 21.6. The zero-order valence-electron chi connectivity index (χ0n) is 25.5. The normalized spacial score (nSPS) is 16.3. The number of aryl methyl sites for hydroxylation is 1. The molecule has 0 radical (unpaired) electrons. The summed E-state index contributed by atoms with van der Waals surface area (Å²) in [5, 5.41) is 3.20. The molecule has 0 saturated carbocycles. The Morgan fingerprint density at radius 2 is 1.80 bits per heavy atom. The molecule has 0 aromatic heterocycles. The Bertz CT molecular complexity index is 1400. The highest BCUT2D eigenvalue weighted by atomic mass is 16.5. The van der Waals surface area contributed by atoms with Crippen molar-refractivity contribution in [1.29, 1.82) is 0 Å². The highest BCUT2D eigenvalue weighted by Gasteiger charge is 2.30. The molecular formula is C34H41N3O7. The van der Waals surface area contributed by atoms with Crippen LogP contribution in [0.1, 0.15) is 24.0 Å². The molecule has 0 bridgehead atoms. The molecule has 3 aromatic rings. The lowest BCUT2D eigenvalue weighted by atomic mass is 10.0. The number of nitrogens with one attached hydrogen (secondary N) is 1. The quantitative estimate of drug-likeness (QED) is 0.217. The fourth-order valence-corrected chi connectivity index (χ4v) is 5.57. The Hall–Kier alpha value is -4.28. The monoisotopic (exact) mass is 603 g/mol. The van der Waals surface area contributed by atoms with Crippen molar-refractivity contribution < 1.29 is 33.3 Å². The Labute approximate surface area is 258 Å². The largest absolute Gasteiger partial charge is 0.496 e. The molecule has 1 saturated heterocycles. The van der Waals surface area contributed by atoms with E-state index < -0.39 is 0 Å². The molecule has 2 heterocycles. The molecule has 1 fully saturated rings. The van der Waals surface area contributed by atoms with Crippen LogP contribution in [0.3, 0.4) is 0 Å². The summed E-state index contributed by atoms with van der Waals surface area (Å²) < 4.78 is 28.2. The van der Waals surface area contributed by atoms with Gasteiger partial charge in [-0.1, -0.05) is 24.3 Å². The number of hydrogen-bond donors (Lipinski definition) is 1. The molecule has 0 spiro atoms. The third kappa shape index (κ3) is 8.00. The molecular weight excluding hydrogens is 562 g/mol. The van der Waals surface area contributed by atoms with Crippen molar-refractivity contribution in [3.8, 4) is 17.2 Å². The number of nitrogens with zero attached hydrogens (tertiary/aromatic N) is 2. The average molecular weight is 604 g/mol. The third-order valence-corrected chi connectivity index (χ3v) is 7.82. The van der Waals surface area contributed by atoms with E-state index in [9.17, 15) is 9.59 Å². The van der Waals surface area contributed by atoms with Crippen molar-refractivity contribution in [1.82, 2.24) is 5.32 Å². The zero-order valence-corrected chi connectivity index (χ0v) is 25.5. The van der Waals surface area contributed by atoms with Crippen LogP contribution in [0.4, 0.5) is 11.4 Å². The number of rotatable bonds is 14. The van der Waals surface area contributed by atoms with E-state index in [1.165, 1.54) is 12.7 Å². The van der Waals surface area contributed by atoms with E-state index in [0.29, 0.717) is 38.7 Å². The van der Waals surface area contributed by atoms with Crippen molar-refractivity contribution >= 4 is 23.3 Å². The van der Waals surface area contributed by atoms with Crippen LogP contribution >= 0.6 is 0 Å². The molecule has 3 aromatic carbocycles. The molecule has 44 heavy (non-hydrogen) atoms. The van der Waals surface area contributed by atoms with Gasteiger partial charge in [-0.2, -0.15) is 0 Å². The number of fused-ring (bicyclic) bond motifs is 1. The van der Waals surface area contributed by atoms with Crippen molar-refractivity contribution in [2.45, 2.75) is 31.9 Å². The van der Waals surface area contributed by atoms with Crippen LogP contribution in [0.25, 0.3) is 0 Å². The van der Waals surface area contributed by atoms with E-state index >= 15 is 0 Å². The van der Waals surface area contributed by atoms with Gasteiger partial charge in [0.15, 0.2) is 0 Å². The van der Waals surface area contributed by atoms with E-state index in [-0.39, 0.29) is 31.0 Å². The second kappa shape index (κ2) is 15.4. The van der Waals surface area contributed by atoms with Crippen LogP contribution in [0.5, 0.6) is 17.2 Å². The number of hydrogen-bond acceptors (Lipinski definition) is 9. The number of methoxy groups -OCH3 is 2. The van der Waals surface area contributed by atoms with Gasteiger partial charge in [-0.15, -0.1) is 0 Å². The smallest absolute Gasteiger partial charge is 0.325 e. The molecule has 234 valence electrons. The van der Waals surface area contributed by atoms with Crippen LogP contribution in [0.15, 0.2) is 66.7 Å². The van der Waals surface area contributed by atoms with Gasteiger partial charge in [0.1, 0.15) is 30.4 Å². The molecule has 1 N–H and O–H groups in total. The molecule has 0 unspecified atom stereocenters. The summed E-state index contributed by atoms with van der Waals surface area (Å²) in [7, 11) is 3.06. The van der Waals surface area contributed by atoms with Crippen LogP contribution < -0.4 is 29.3 Å². The SMILES string of the molecule is COC(=O)CN1CCCc2ccc(OC[C@H]3CNCC(=O)N3c3ccc(OCCCOCc4ccccc4OC)cc3)cc21. The van der Waals surface area contributed by atoms with Gasteiger partial charge in [-0.25, -0.2) is 0 Å². The Morgan fingerprint density at radius 1 is 0.977 bits per heavy atom. The number of carbonyl (C=O) groups is 2. The van der Waals surface area contributed by atoms with Crippen LogP contribution in [-0.2, 0) is 32.1 Å². The standard InChI is InChI=1S/C34H41N3O7/c1-40-32-9-4-3-7-26(32)23-42-17-6-18-43-29-14-11-27(12-15-29)37-28(20-35-21-33(37)38)24-44-30-13-10-25-8-5-16-36(31(25)19-30)22-34(39)41-2/h3-4,7,9-15,19,28,35H,5-6,8,16-18,20-24H2,1-2H3/t28-/m1/s1. The van der Waals surface area contributed by atoms with Gasteiger partial charge in [0, 0.05) is 42.5 Å². The second-order valence-corrected chi connectivity index (χ2v) is 10.8. The highest BCUT2D eigenvalue weighted by Crippen LogP contribution is 2.31. The Kier molecular flexibility index (Phi) is 10.9. The van der Waals surface area contributed by atoms with Crippen molar-refractivity contribution in [3.05, 3.63) is 77.9 Å². The Balaban J connectivity index is 1.12. The summed E-state index contributed by atoms with van der Waals surface area (Å²) in [5.41, 5.74) is 3.99. The molecule has 0 aliphatic carbocycles. The third-order valence-electron chi connectivity index (χ3n) is 7.82. The van der Waals surface area contributed by atoms with E-state index in [2.05, 4.69) is 11.4 Å². The number of amides is 1. The number of benzene rings is 3. The molecule has 10 nitrogen and oxygen atoms in total. The fourth-order valence-electron chi connectivity index (χ4n) is 5.57. The minimum atomic E-state index is -0.266. The van der Waals surface area contributed by atoms with Crippen LogP contribution in [0, 0.1) is 0 Å². The van der Waals surface area contributed by atoms with Gasteiger partial charge in [0.05, 0.1) is 46.6 Å². The van der Waals surface area contributed by atoms with Crippen molar-refractivity contribution in [3.63, 3.8) is 0 Å². The van der Waals surface area contributed by atoms with Gasteiger partial charge in [-0.3, -0.25) is 9.59 Å². The van der Waals surface area contributed by atoms with Crippen molar-refractivity contribution in [2.75, 3.05) is 70.0 Å². The average Bonchev–Trinajstić information content (AvgIpc) is 3.06. The minimum absolute atomic E-state index is 0.0135. The second-order valence-electron chi connectivity index (χ2n) is 10.8. The first-order valence-corrected chi connectivity index (χ1v) is 15.1. The number of anilines is 2. The molecule has 1 amide bonds. The summed E-state index contributed by atoms with van der Waals surface area (Å²) in [6.07, 6.45) is 2.69. The zero-order chi connectivity index (χ0) is 30.7. The Morgan fingerprint density at radius 3 is 2.61 bits per heavy atom. The summed E-state index contributed by atoms with van der Waals surface area (Å²) in [6.45, 7) is 3.77. The number of esters is 1. The van der Waals surface area contributed by atoms with Gasteiger partial charge >= 0.3 is 5.97 Å². The molecule has 10 heteroatoms. The summed E-state index contributed by atoms with van der Waals surface area (Å²) in [6, 6.07) is 21.2. The van der Waals surface area contributed by atoms with E-state index in [0.717, 1.165) is 54.2 Å². The number of ether oxygens (including phenoxy) is 5. The molecule has 1 atom stereocenters. The van der Waals surface area contributed by atoms with Crippen molar-refractivity contribution in [2.24, 2.45) is 0 Å². The maximum atomic E-state index is 13.0. The van der Waals surface area contributed by atoms with E-state index in [4.69, 9.17) is 23.7 Å². The van der Waals surface area contributed by atoms with E-state index in [1.54, 1.807) is 12.0 Å². The number of para-hydroxylation sites is 1. The molecule has 5 rings (SSSR count). The first kappa shape index (κ1) is 31.2. The number of piperazine rings is 1. The van der Waals surface area contributed by atoms with Gasteiger partial charge in [0.2, 0.25) is 5.91 Å². The summed E-state index contributed by atoms with van der Waals surface area (Å²) in [5.74, 6) is 1.98. The molecule has 2 aliphatic rings. The maximum absolute atomic E-state index is 13.0. The van der Waals surface area contributed by atoms with Gasteiger partial charge in [-0.05, 0) is 54.8 Å². The maximum Gasteiger partial charge on any atom is 0.325 e. The number of carbonyl (C=O) groups excluding carboxylic acids is 2. The fraction of sp³-hybridized carbons (Fsp3) is 0.412. The highest BCUT2D eigenvalue weighted by molar-refractivity contribution is 5.96. The van der Waals surface area contributed by atoms with Crippen LogP contribution in [-0.4, -0.2) is 78.1 Å². The van der Waals surface area contributed by atoms with Gasteiger partial charge < -0.3 is 38.8 Å². The lowest BCUT2D eigenvalue weighted by Crippen LogP contribution is -2.57.